The predicted octanol–water partition coefficient (Wildman–Crippen LogP) is 2.62. The molecule has 0 radical (unpaired) electrons. The Labute approximate surface area is 108 Å². The van der Waals surface area contributed by atoms with Gasteiger partial charge >= 0.3 is 0 Å². The molecule has 0 saturated carbocycles. The Balaban J connectivity index is 2.15. The lowest BCUT2D eigenvalue weighted by atomic mass is 10.3. The number of hydrogen-bond donors (Lipinski definition) is 1. The number of nitrogens with zero attached hydrogens (tertiary/aromatic N) is 4. The van der Waals surface area contributed by atoms with E-state index < -0.39 is 0 Å². The highest BCUT2D eigenvalue weighted by Crippen LogP contribution is 2.23. The van der Waals surface area contributed by atoms with Crippen molar-refractivity contribution in [2.75, 3.05) is 0 Å². The number of hydrogen-bond acceptors (Lipinski definition) is 3. The van der Waals surface area contributed by atoms with Gasteiger partial charge in [0.15, 0.2) is 5.82 Å². The van der Waals surface area contributed by atoms with Gasteiger partial charge in [-0.25, -0.2) is 14.6 Å². The fraction of sp³-hybridized carbons (Fsp3) is 0.0833. The van der Waals surface area contributed by atoms with E-state index in [1.807, 2.05) is 31.2 Å². The summed E-state index contributed by atoms with van der Waals surface area (Å²) in [6.07, 6.45) is 3.22. The Hall–Kier alpha value is -2.14. The standard InChI is InChI=1S/C12H10ClN5/c1-8-14-6-10(17-8)12-15-7-16-18(12)11-5-3-2-4-9(11)13/h2-7H,1H3,(H,14,17). The zero-order valence-corrected chi connectivity index (χ0v) is 10.4. The van der Waals surface area contributed by atoms with Gasteiger partial charge in [-0.1, -0.05) is 23.7 Å². The molecule has 0 aliphatic rings. The van der Waals surface area contributed by atoms with Gasteiger partial charge in [0.2, 0.25) is 0 Å². The van der Waals surface area contributed by atoms with E-state index in [2.05, 4.69) is 20.1 Å². The van der Waals surface area contributed by atoms with Crippen molar-refractivity contribution in [1.29, 1.82) is 0 Å². The Morgan fingerprint density at radius 3 is 2.78 bits per heavy atom. The minimum Gasteiger partial charge on any atom is -0.340 e. The molecular weight excluding hydrogens is 250 g/mol. The van der Waals surface area contributed by atoms with E-state index in [4.69, 9.17) is 11.6 Å². The molecule has 0 spiro atoms. The second-order valence-electron chi connectivity index (χ2n) is 3.83. The summed E-state index contributed by atoms with van der Waals surface area (Å²) in [5, 5.41) is 4.83. The maximum atomic E-state index is 6.17. The van der Waals surface area contributed by atoms with E-state index >= 15 is 0 Å². The maximum absolute atomic E-state index is 6.17. The molecule has 2 aromatic heterocycles. The van der Waals surface area contributed by atoms with Crippen LogP contribution >= 0.6 is 11.6 Å². The monoisotopic (exact) mass is 259 g/mol. The van der Waals surface area contributed by atoms with Crippen molar-refractivity contribution >= 4 is 11.6 Å². The molecule has 0 saturated heterocycles. The summed E-state index contributed by atoms with van der Waals surface area (Å²) in [4.78, 5) is 11.5. The number of aromatic amines is 1. The van der Waals surface area contributed by atoms with Crippen molar-refractivity contribution in [2.24, 2.45) is 0 Å². The van der Waals surface area contributed by atoms with Crippen LogP contribution in [0.2, 0.25) is 5.02 Å². The molecule has 5 nitrogen and oxygen atoms in total. The third-order valence-electron chi connectivity index (χ3n) is 2.57. The van der Waals surface area contributed by atoms with E-state index in [0.29, 0.717) is 10.8 Å². The van der Waals surface area contributed by atoms with Gasteiger partial charge < -0.3 is 4.98 Å². The predicted molar refractivity (Wildman–Crippen MR) is 68.7 cm³/mol. The lowest BCUT2D eigenvalue weighted by molar-refractivity contribution is 0.884. The molecule has 0 bridgehead atoms. The molecule has 3 aromatic rings. The summed E-state index contributed by atoms with van der Waals surface area (Å²) in [6.45, 7) is 1.89. The number of halogens is 1. The summed E-state index contributed by atoms with van der Waals surface area (Å²) < 4.78 is 1.69. The second-order valence-corrected chi connectivity index (χ2v) is 4.24. The Bertz CT molecular complexity index is 685. The van der Waals surface area contributed by atoms with Gasteiger partial charge in [-0.15, -0.1) is 0 Å². The lowest BCUT2D eigenvalue weighted by Gasteiger charge is -2.06. The Kier molecular flexibility index (Phi) is 2.60. The zero-order valence-electron chi connectivity index (χ0n) is 9.63. The van der Waals surface area contributed by atoms with Gasteiger partial charge in [0, 0.05) is 0 Å². The van der Waals surface area contributed by atoms with E-state index in [-0.39, 0.29) is 0 Å². The number of aromatic nitrogens is 5. The fourth-order valence-corrected chi connectivity index (χ4v) is 1.98. The Morgan fingerprint density at radius 1 is 1.22 bits per heavy atom. The molecule has 3 rings (SSSR count). The number of nitrogens with one attached hydrogen (secondary N) is 1. The summed E-state index contributed by atoms with van der Waals surface area (Å²) in [5.74, 6) is 1.52. The maximum Gasteiger partial charge on any atom is 0.181 e. The third kappa shape index (κ3) is 1.78. The highest BCUT2D eigenvalue weighted by molar-refractivity contribution is 6.32. The zero-order chi connectivity index (χ0) is 12.5. The van der Waals surface area contributed by atoms with Crippen LogP contribution < -0.4 is 0 Å². The van der Waals surface area contributed by atoms with Crippen molar-refractivity contribution in [2.45, 2.75) is 6.92 Å². The third-order valence-corrected chi connectivity index (χ3v) is 2.89. The first-order chi connectivity index (χ1) is 8.75. The molecule has 0 unspecified atom stereocenters. The second kappa shape index (κ2) is 4.27. The van der Waals surface area contributed by atoms with Crippen LogP contribution in [0.25, 0.3) is 17.2 Å². The first-order valence-electron chi connectivity index (χ1n) is 5.42. The molecule has 0 fully saturated rings. The van der Waals surface area contributed by atoms with Crippen LogP contribution in [0.1, 0.15) is 5.82 Å². The van der Waals surface area contributed by atoms with Crippen molar-refractivity contribution in [3.63, 3.8) is 0 Å². The van der Waals surface area contributed by atoms with E-state index in [0.717, 1.165) is 17.2 Å². The van der Waals surface area contributed by atoms with Gasteiger partial charge in [-0.2, -0.15) is 5.10 Å². The highest BCUT2D eigenvalue weighted by atomic mass is 35.5. The molecule has 0 aliphatic carbocycles. The quantitative estimate of drug-likeness (QED) is 0.770. The summed E-state index contributed by atoms with van der Waals surface area (Å²) in [6, 6.07) is 7.50. The van der Waals surface area contributed by atoms with Crippen LogP contribution in [0.5, 0.6) is 0 Å². The number of H-pyrrole nitrogens is 1. The van der Waals surface area contributed by atoms with Crippen LogP contribution in [0.4, 0.5) is 0 Å². The van der Waals surface area contributed by atoms with Crippen molar-refractivity contribution in [1.82, 2.24) is 24.7 Å². The van der Waals surface area contributed by atoms with Crippen LogP contribution in [-0.4, -0.2) is 24.7 Å². The number of rotatable bonds is 2. The smallest absolute Gasteiger partial charge is 0.181 e. The number of benzene rings is 1. The van der Waals surface area contributed by atoms with E-state index in [1.54, 1.807) is 10.9 Å². The summed E-state index contributed by atoms with van der Waals surface area (Å²) in [7, 11) is 0. The molecule has 6 heteroatoms. The Morgan fingerprint density at radius 2 is 2.06 bits per heavy atom. The molecule has 0 atom stereocenters. The van der Waals surface area contributed by atoms with E-state index in [1.165, 1.54) is 6.33 Å². The molecular formula is C12H10ClN5. The number of imidazole rings is 1. The largest absolute Gasteiger partial charge is 0.340 e. The van der Waals surface area contributed by atoms with Gasteiger partial charge in [0.05, 0.1) is 16.9 Å². The fourth-order valence-electron chi connectivity index (χ4n) is 1.76. The van der Waals surface area contributed by atoms with Gasteiger partial charge in [-0.3, -0.25) is 0 Å². The number of para-hydroxylation sites is 1. The first-order valence-corrected chi connectivity index (χ1v) is 5.80. The molecule has 2 heterocycles. The molecule has 18 heavy (non-hydrogen) atoms. The van der Waals surface area contributed by atoms with Gasteiger partial charge in [0.1, 0.15) is 17.8 Å². The van der Waals surface area contributed by atoms with Crippen LogP contribution in [-0.2, 0) is 0 Å². The minimum atomic E-state index is 0.625. The van der Waals surface area contributed by atoms with Crippen molar-refractivity contribution < 1.29 is 0 Å². The van der Waals surface area contributed by atoms with Crippen molar-refractivity contribution in [3.8, 4) is 17.2 Å². The number of aryl methyl sites for hydroxylation is 1. The van der Waals surface area contributed by atoms with Crippen LogP contribution in [0, 0.1) is 6.92 Å². The average molecular weight is 260 g/mol. The lowest BCUT2D eigenvalue weighted by Crippen LogP contribution is -2.00. The average Bonchev–Trinajstić information content (AvgIpc) is 2.98. The summed E-state index contributed by atoms with van der Waals surface area (Å²) >= 11 is 6.17. The highest BCUT2D eigenvalue weighted by Gasteiger charge is 2.12. The molecule has 90 valence electrons. The molecule has 0 aliphatic heterocycles. The first kappa shape index (κ1) is 11.0. The topological polar surface area (TPSA) is 59.4 Å². The van der Waals surface area contributed by atoms with E-state index in [9.17, 15) is 0 Å². The normalized spacial score (nSPS) is 10.8. The molecule has 1 N–H and O–H groups in total. The molecule has 1 aromatic carbocycles. The summed E-state index contributed by atoms with van der Waals surface area (Å²) in [5.41, 5.74) is 1.60. The van der Waals surface area contributed by atoms with Gasteiger partial charge in [-0.05, 0) is 19.1 Å². The van der Waals surface area contributed by atoms with Gasteiger partial charge in [0.25, 0.3) is 0 Å². The minimum absolute atomic E-state index is 0.625. The van der Waals surface area contributed by atoms with Crippen LogP contribution in [0.3, 0.4) is 0 Å². The SMILES string of the molecule is Cc1ncc(-c2ncnn2-c2ccccc2Cl)[nH]1. The van der Waals surface area contributed by atoms with Crippen LogP contribution in [0.15, 0.2) is 36.8 Å². The van der Waals surface area contributed by atoms with Crippen molar-refractivity contribution in [3.05, 3.63) is 47.6 Å². The molecule has 0 amide bonds.